The Morgan fingerprint density at radius 3 is 1.68 bits per heavy atom. The maximum absolute atomic E-state index is 11.1. The Bertz CT molecular complexity index is 968. The molecular formula is C24H22O4. The lowest BCUT2D eigenvalue weighted by atomic mass is 10.00. The number of rotatable bonds is 8. The lowest BCUT2D eigenvalue weighted by molar-refractivity contribution is 0.111. The number of aldehydes is 2. The van der Waals surface area contributed by atoms with Gasteiger partial charge in [0, 0.05) is 0 Å². The highest BCUT2D eigenvalue weighted by Crippen LogP contribution is 2.23. The van der Waals surface area contributed by atoms with Gasteiger partial charge in [0.15, 0.2) is 12.6 Å². The summed E-state index contributed by atoms with van der Waals surface area (Å²) in [4.78, 5) is 22.2. The highest BCUT2D eigenvalue weighted by Gasteiger charge is 2.09. The van der Waals surface area contributed by atoms with Gasteiger partial charge in [0.25, 0.3) is 0 Å². The molecular weight excluding hydrogens is 352 g/mol. The van der Waals surface area contributed by atoms with Gasteiger partial charge in [0.1, 0.15) is 24.7 Å². The Balaban J connectivity index is 1.72. The lowest BCUT2D eigenvalue weighted by Gasteiger charge is -2.15. The average molecular weight is 374 g/mol. The summed E-state index contributed by atoms with van der Waals surface area (Å²) in [5.41, 5.74) is 5.36. The predicted molar refractivity (Wildman–Crippen MR) is 108 cm³/mol. The van der Waals surface area contributed by atoms with E-state index in [0.717, 1.165) is 34.8 Å². The fourth-order valence-corrected chi connectivity index (χ4v) is 3.12. The Morgan fingerprint density at radius 1 is 0.714 bits per heavy atom. The minimum atomic E-state index is 0.377. The SMILES string of the molecule is Cc1cc(COc2ccccc2C=O)cc(C)c1COc1ccccc1C=O. The molecule has 4 nitrogen and oxygen atoms in total. The third-order valence-corrected chi connectivity index (χ3v) is 4.61. The molecule has 0 spiro atoms. The van der Waals surface area contributed by atoms with E-state index in [2.05, 4.69) is 12.1 Å². The van der Waals surface area contributed by atoms with Gasteiger partial charge in [0.05, 0.1) is 11.1 Å². The number of carbonyl (C=O) groups excluding carboxylic acids is 2. The summed E-state index contributed by atoms with van der Waals surface area (Å²) in [5.74, 6) is 1.15. The van der Waals surface area contributed by atoms with Gasteiger partial charge in [-0.1, -0.05) is 36.4 Å². The standard InChI is InChI=1S/C24H22O4/c1-17-11-19(15-27-23-9-5-3-7-20(23)13-25)12-18(2)22(17)16-28-24-10-6-4-8-21(24)14-26/h3-14H,15-16H2,1-2H3. The van der Waals surface area contributed by atoms with Crippen molar-refractivity contribution < 1.29 is 19.1 Å². The summed E-state index contributed by atoms with van der Waals surface area (Å²) < 4.78 is 11.7. The summed E-state index contributed by atoms with van der Waals surface area (Å²) in [6, 6.07) is 18.5. The Labute approximate surface area is 164 Å². The molecule has 0 amide bonds. The van der Waals surface area contributed by atoms with E-state index in [1.165, 1.54) is 0 Å². The number of carbonyl (C=O) groups is 2. The van der Waals surface area contributed by atoms with E-state index in [4.69, 9.17) is 9.47 Å². The van der Waals surface area contributed by atoms with Crippen LogP contribution in [0.2, 0.25) is 0 Å². The number of hydrogen-bond donors (Lipinski definition) is 0. The second kappa shape index (κ2) is 9.00. The predicted octanol–water partition coefficient (Wildman–Crippen LogP) is 5.09. The van der Waals surface area contributed by atoms with Crippen molar-refractivity contribution in [2.24, 2.45) is 0 Å². The molecule has 0 unspecified atom stereocenters. The molecule has 0 heterocycles. The van der Waals surface area contributed by atoms with Crippen LogP contribution in [0, 0.1) is 13.8 Å². The number of aryl methyl sites for hydroxylation is 2. The first kappa shape index (κ1) is 19.4. The quantitative estimate of drug-likeness (QED) is 0.516. The molecule has 0 atom stereocenters. The summed E-state index contributed by atoms with van der Waals surface area (Å²) in [7, 11) is 0. The first-order valence-corrected chi connectivity index (χ1v) is 9.05. The second-order valence-corrected chi connectivity index (χ2v) is 6.60. The largest absolute Gasteiger partial charge is 0.488 e. The van der Waals surface area contributed by atoms with Crippen molar-refractivity contribution in [3.63, 3.8) is 0 Å². The van der Waals surface area contributed by atoms with E-state index in [-0.39, 0.29) is 0 Å². The first-order valence-electron chi connectivity index (χ1n) is 9.05. The molecule has 0 aliphatic rings. The fourth-order valence-electron chi connectivity index (χ4n) is 3.12. The molecule has 0 aliphatic carbocycles. The van der Waals surface area contributed by atoms with Gasteiger partial charge in [-0.15, -0.1) is 0 Å². The van der Waals surface area contributed by atoms with E-state index in [1.807, 2.05) is 38.1 Å². The van der Waals surface area contributed by atoms with Crippen molar-refractivity contribution in [2.75, 3.05) is 0 Å². The number of hydrogen-bond acceptors (Lipinski definition) is 4. The van der Waals surface area contributed by atoms with Crippen LogP contribution in [0.3, 0.4) is 0 Å². The van der Waals surface area contributed by atoms with Crippen LogP contribution in [0.4, 0.5) is 0 Å². The number of para-hydroxylation sites is 2. The molecule has 0 saturated heterocycles. The zero-order chi connectivity index (χ0) is 19.9. The zero-order valence-electron chi connectivity index (χ0n) is 16.0. The van der Waals surface area contributed by atoms with Gasteiger partial charge < -0.3 is 9.47 Å². The van der Waals surface area contributed by atoms with E-state index in [9.17, 15) is 9.59 Å². The highest BCUT2D eigenvalue weighted by atomic mass is 16.5. The third-order valence-electron chi connectivity index (χ3n) is 4.61. The molecule has 142 valence electrons. The van der Waals surface area contributed by atoms with Gasteiger partial charge in [0.2, 0.25) is 0 Å². The summed E-state index contributed by atoms with van der Waals surface area (Å²) in [5, 5.41) is 0. The van der Waals surface area contributed by atoms with Gasteiger partial charge >= 0.3 is 0 Å². The van der Waals surface area contributed by atoms with Crippen molar-refractivity contribution in [2.45, 2.75) is 27.1 Å². The van der Waals surface area contributed by atoms with Crippen LogP contribution < -0.4 is 9.47 Å². The zero-order valence-corrected chi connectivity index (χ0v) is 16.0. The van der Waals surface area contributed by atoms with Crippen LogP contribution in [0.1, 0.15) is 43.0 Å². The van der Waals surface area contributed by atoms with Crippen molar-refractivity contribution in [1.82, 2.24) is 0 Å². The van der Waals surface area contributed by atoms with Crippen molar-refractivity contribution >= 4 is 12.6 Å². The van der Waals surface area contributed by atoms with E-state index in [0.29, 0.717) is 35.8 Å². The molecule has 4 heteroatoms. The van der Waals surface area contributed by atoms with Crippen LogP contribution >= 0.6 is 0 Å². The molecule has 3 aromatic rings. The van der Waals surface area contributed by atoms with E-state index < -0.39 is 0 Å². The van der Waals surface area contributed by atoms with Gasteiger partial charge in [-0.2, -0.15) is 0 Å². The van der Waals surface area contributed by atoms with Crippen LogP contribution in [0.25, 0.3) is 0 Å². The van der Waals surface area contributed by atoms with Gasteiger partial charge in [-0.3, -0.25) is 9.59 Å². The molecule has 3 rings (SSSR count). The van der Waals surface area contributed by atoms with Crippen molar-refractivity contribution in [3.8, 4) is 11.5 Å². The molecule has 0 fully saturated rings. The smallest absolute Gasteiger partial charge is 0.153 e. The fraction of sp³-hybridized carbons (Fsp3) is 0.167. The topological polar surface area (TPSA) is 52.6 Å². The summed E-state index contributed by atoms with van der Waals surface area (Å²) in [6.45, 7) is 4.82. The maximum Gasteiger partial charge on any atom is 0.153 e. The monoisotopic (exact) mass is 374 g/mol. The maximum atomic E-state index is 11.1. The molecule has 0 aromatic heterocycles. The Kier molecular flexibility index (Phi) is 6.22. The first-order chi connectivity index (χ1) is 13.6. The molecule has 28 heavy (non-hydrogen) atoms. The minimum Gasteiger partial charge on any atom is -0.488 e. The van der Waals surface area contributed by atoms with Gasteiger partial charge in [-0.05, 0) is 60.4 Å². The number of benzene rings is 3. The highest BCUT2D eigenvalue weighted by molar-refractivity contribution is 5.79. The molecule has 0 aliphatic heterocycles. The average Bonchev–Trinajstić information content (AvgIpc) is 2.72. The molecule has 0 bridgehead atoms. The molecule has 0 N–H and O–H groups in total. The second-order valence-electron chi connectivity index (χ2n) is 6.60. The minimum absolute atomic E-state index is 0.377. The van der Waals surface area contributed by atoms with Crippen LogP contribution in [0.15, 0.2) is 60.7 Å². The Morgan fingerprint density at radius 2 is 1.18 bits per heavy atom. The van der Waals surface area contributed by atoms with Crippen LogP contribution in [0.5, 0.6) is 11.5 Å². The van der Waals surface area contributed by atoms with E-state index in [1.54, 1.807) is 24.3 Å². The normalized spacial score (nSPS) is 10.4. The van der Waals surface area contributed by atoms with Crippen molar-refractivity contribution in [3.05, 3.63) is 94.0 Å². The number of ether oxygens (including phenoxy) is 2. The third kappa shape index (κ3) is 4.46. The molecule has 0 saturated carbocycles. The Hall–Kier alpha value is -3.40. The molecule has 0 radical (unpaired) electrons. The lowest BCUT2D eigenvalue weighted by Crippen LogP contribution is -2.05. The van der Waals surface area contributed by atoms with Crippen molar-refractivity contribution in [1.29, 1.82) is 0 Å². The molecule has 3 aromatic carbocycles. The van der Waals surface area contributed by atoms with Gasteiger partial charge in [-0.25, -0.2) is 0 Å². The summed E-state index contributed by atoms with van der Waals surface area (Å²) in [6.07, 6.45) is 1.59. The van der Waals surface area contributed by atoms with Crippen LogP contribution in [-0.4, -0.2) is 12.6 Å². The summed E-state index contributed by atoms with van der Waals surface area (Å²) >= 11 is 0. The van der Waals surface area contributed by atoms with E-state index >= 15 is 0 Å². The van der Waals surface area contributed by atoms with Crippen LogP contribution in [-0.2, 0) is 13.2 Å².